The van der Waals surface area contributed by atoms with Gasteiger partial charge in [-0.1, -0.05) is 0 Å². The van der Waals surface area contributed by atoms with Crippen LogP contribution in [0.2, 0.25) is 0 Å². The van der Waals surface area contributed by atoms with Gasteiger partial charge in [0, 0.05) is 24.7 Å². The lowest BCUT2D eigenvalue weighted by Crippen LogP contribution is -2.36. The van der Waals surface area contributed by atoms with E-state index >= 15 is 0 Å². The molecule has 17 heavy (non-hydrogen) atoms. The second-order valence-electron chi connectivity index (χ2n) is 6.21. The molecular formula is C14H30N2O. The zero-order chi connectivity index (χ0) is 12.7. The Morgan fingerprint density at radius 3 is 2.47 bits per heavy atom. The first-order valence-electron chi connectivity index (χ1n) is 7.02. The molecular weight excluding hydrogens is 212 g/mol. The second kappa shape index (κ2) is 7.34. The lowest BCUT2D eigenvalue weighted by molar-refractivity contribution is 0.106. The third-order valence-electron chi connectivity index (χ3n) is 3.13. The minimum absolute atomic E-state index is 0.244. The van der Waals surface area contributed by atoms with Crippen LogP contribution in [0, 0.1) is 0 Å². The summed E-state index contributed by atoms with van der Waals surface area (Å²) >= 11 is 0. The number of hydrogen-bond donors (Lipinski definition) is 1. The summed E-state index contributed by atoms with van der Waals surface area (Å²) < 4.78 is 5.64. The molecule has 1 fully saturated rings. The van der Waals surface area contributed by atoms with Gasteiger partial charge in [0.1, 0.15) is 0 Å². The van der Waals surface area contributed by atoms with Crippen molar-refractivity contribution in [3.05, 3.63) is 0 Å². The van der Waals surface area contributed by atoms with Gasteiger partial charge in [0.05, 0.1) is 6.61 Å². The molecule has 0 radical (unpaired) electrons. The zero-order valence-electron chi connectivity index (χ0n) is 12.1. The molecule has 3 heteroatoms. The smallest absolute Gasteiger partial charge is 0.0593 e. The average Bonchev–Trinajstić information content (AvgIpc) is 3.03. The van der Waals surface area contributed by atoms with Gasteiger partial charge in [-0.3, -0.25) is 0 Å². The van der Waals surface area contributed by atoms with E-state index < -0.39 is 0 Å². The summed E-state index contributed by atoms with van der Waals surface area (Å²) in [7, 11) is 2.20. The summed E-state index contributed by atoms with van der Waals surface area (Å²) in [6.07, 6.45) is 5.13. The monoisotopic (exact) mass is 242 g/mol. The minimum atomic E-state index is 0.244. The lowest BCUT2D eigenvalue weighted by Gasteiger charge is -2.20. The van der Waals surface area contributed by atoms with Crippen LogP contribution in [-0.4, -0.2) is 49.8 Å². The molecule has 0 unspecified atom stereocenters. The number of ether oxygens (including phenoxy) is 1. The number of unbranched alkanes of at least 4 members (excludes halogenated alkanes) is 1. The minimum Gasteiger partial charge on any atom is -0.380 e. The summed E-state index contributed by atoms with van der Waals surface area (Å²) in [4.78, 5) is 2.42. The standard InChI is InChI=1S/C14H30N2O/c1-14(2,3)15-9-5-6-11-17-12-10-16(4)13-7-8-13/h13,15H,5-12H2,1-4H3. The molecule has 0 heterocycles. The van der Waals surface area contributed by atoms with Crippen LogP contribution in [0.1, 0.15) is 46.5 Å². The van der Waals surface area contributed by atoms with E-state index in [0.29, 0.717) is 0 Å². The maximum atomic E-state index is 5.64. The predicted molar refractivity (Wildman–Crippen MR) is 73.5 cm³/mol. The van der Waals surface area contributed by atoms with Crippen molar-refractivity contribution in [2.75, 3.05) is 33.4 Å². The average molecular weight is 242 g/mol. The van der Waals surface area contributed by atoms with Crippen molar-refractivity contribution in [1.82, 2.24) is 10.2 Å². The van der Waals surface area contributed by atoms with Crippen molar-refractivity contribution < 1.29 is 4.74 Å². The Kier molecular flexibility index (Phi) is 6.45. The fraction of sp³-hybridized carbons (Fsp3) is 1.00. The molecule has 0 aromatic heterocycles. The maximum Gasteiger partial charge on any atom is 0.0593 e. The van der Waals surface area contributed by atoms with E-state index in [1.165, 1.54) is 19.3 Å². The molecule has 3 nitrogen and oxygen atoms in total. The molecule has 0 amide bonds. The first kappa shape index (κ1) is 14.9. The molecule has 0 bridgehead atoms. The molecule has 0 spiro atoms. The van der Waals surface area contributed by atoms with Gasteiger partial charge < -0.3 is 15.0 Å². The van der Waals surface area contributed by atoms with Gasteiger partial charge in [-0.2, -0.15) is 0 Å². The molecule has 0 aromatic carbocycles. The number of nitrogens with one attached hydrogen (secondary N) is 1. The highest BCUT2D eigenvalue weighted by Crippen LogP contribution is 2.24. The van der Waals surface area contributed by atoms with Gasteiger partial charge >= 0.3 is 0 Å². The highest BCUT2D eigenvalue weighted by Gasteiger charge is 2.25. The molecule has 0 saturated heterocycles. The van der Waals surface area contributed by atoms with Gasteiger partial charge in [-0.15, -0.1) is 0 Å². The largest absolute Gasteiger partial charge is 0.380 e. The Balaban J connectivity index is 1.78. The number of likely N-dealkylation sites (N-methyl/N-ethyl adjacent to an activating group) is 1. The summed E-state index contributed by atoms with van der Waals surface area (Å²) in [5, 5.41) is 3.49. The van der Waals surface area contributed by atoms with E-state index in [0.717, 1.165) is 38.8 Å². The summed E-state index contributed by atoms with van der Waals surface area (Å²) in [5.74, 6) is 0. The van der Waals surface area contributed by atoms with Crippen LogP contribution in [0.25, 0.3) is 0 Å². The number of rotatable bonds is 9. The molecule has 1 aliphatic rings. The molecule has 102 valence electrons. The topological polar surface area (TPSA) is 24.5 Å². The third kappa shape index (κ3) is 8.58. The summed E-state index contributed by atoms with van der Waals surface area (Å²) in [6, 6.07) is 0.856. The van der Waals surface area contributed by atoms with E-state index in [2.05, 4.69) is 38.0 Å². The van der Waals surface area contributed by atoms with E-state index in [4.69, 9.17) is 4.74 Å². The van der Waals surface area contributed by atoms with Crippen molar-refractivity contribution in [1.29, 1.82) is 0 Å². The SMILES string of the molecule is CN(CCOCCCCNC(C)(C)C)C1CC1. The van der Waals surface area contributed by atoms with Gasteiger partial charge in [-0.05, 0) is 60.0 Å². The van der Waals surface area contributed by atoms with Gasteiger partial charge in [0.2, 0.25) is 0 Å². The van der Waals surface area contributed by atoms with Crippen molar-refractivity contribution in [3.8, 4) is 0 Å². The van der Waals surface area contributed by atoms with E-state index in [9.17, 15) is 0 Å². The Morgan fingerprint density at radius 2 is 1.88 bits per heavy atom. The molecule has 1 saturated carbocycles. The normalized spacial score (nSPS) is 16.8. The van der Waals surface area contributed by atoms with Crippen LogP contribution in [0.15, 0.2) is 0 Å². The van der Waals surface area contributed by atoms with Crippen molar-refractivity contribution >= 4 is 0 Å². The van der Waals surface area contributed by atoms with Crippen molar-refractivity contribution in [2.24, 2.45) is 0 Å². The van der Waals surface area contributed by atoms with Crippen molar-refractivity contribution in [3.63, 3.8) is 0 Å². The molecule has 1 N–H and O–H groups in total. The Morgan fingerprint density at radius 1 is 1.18 bits per heavy atom. The van der Waals surface area contributed by atoms with Gasteiger partial charge in [0.15, 0.2) is 0 Å². The Hall–Kier alpha value is -0.120. The molecule has 0 atom stereocenters. The van der Waals surface area contributed by atoms with Gasteiger partial charge in [0.25, 0.3) is 0 Å². The lowest BCUT2D eigenvalue weighted by atomic mass is 10.1. The van der Waals surface area contributed by atoms with Crippen LogP contribution in [0.3, 0.4) is 0 Å². The fourth-order valence-corrected chi connectivity index (χ4v) is 1.80. The maximum absolute atomic E-state index is 5.64. The molecule has 0 aliphatic heterocycles. The zero-order valence-corrected chi connectivity index (χ0v) is 12.1. The number of nitrogens with zero attached hydrogens (tertiary/aromatic N) is 1. The Labute approximate surface area is 107 Å². The molecule has 1 rings (SSSR count). The van der Waals surface area contributed by atoms with Gasteiger partial charge in [-0.25, -0.2) is 0 Å². The van der Waals surface area contributed by atoms with Crippen LogP contribution in [0.5, 0.6) is 0 Å². The van der Waals surface area contributed by atoms with E-state index in [-0.39, 0.29) is 5.54 Å². The first-order chi connectivity index (χ1) is 7.99. The van der Waals surface area contributed by atoms with Crippen LogP contribution >= 0.6 is 0 Å². The molecule has 1 aliphatic carbocycles. The highest BCUT2D eigenvalue weighted by atomic mass is 16.5. The summed E-state index contributed by atoms with van der Waals surface area (Å²) in [6.45, 7) is 10.6. The molecule has 0 aromatic rings. The fourth-order valence-electron chi connectivity index (χ4n) is 1.80. The van der Waals surface area contributed by atoms with E-state index in [1.54, 1.807) is 0 Å². The van der Waals surface area contributed by atoms with Crippen LogP contribution < -0.4 is 5.32 Å². The predicted octanol–water partition coefficient (Wildman–Crippen LogP) is 2.27. The second-order valence-corrected chi connectivity index (χ2v) is 6.21. The van der Waals surface area contributed by atoms with Crippen molar-refractivity contribution in [2.45, 2.75) is 58.0 Å². The number of hydrogen-bond acceptors (Lipinski definition) is 3. The first-order valence-corrected chi connectivity index (χ1v) is 7.02. The quantitative estimate of drug-likeness (QED) is 0.628. The van der Waals surface area contributed by atoms with Crippen LogP contribution in [0.4, 0.5) is 0 Å². The Bertz CT molecular complexity index is 197. The highest BCUT2D eigenvalue weighted by molar-refractivity contribution is 4.81. The summed E-state index contributed by atoms with van der Waals surface area (Å²) in [5.41, 5.74) is 0.244. The van der Waals surface area contributed by atoms with Crippen LogP contribution in [-0.2, 0) is 4.74 Å². The van der Waals surface area contributed by atoms with E-state index in [1.807, 2.05) is 0 Å². The third-order valence-corrected chi connectivity index (χ3v) is 3.13.